The van der Waals surface area contributed by atoms with Crippen LogP contribution < -0.4 is 10.9 Å². The third-order valence-corrected chi connectivity index (χ3v) is 3.09. The molecule has 0 atom stereocenters. The van der Waals surface area contributed by atoms with Crippen molar-refractivity contribution in [1.82, 2.24) is 14.8 Å². The molecule has 0 aromatic carbocycles. The number of carbonyl (C=O) groups excluding carboxylic acids is 1. The van der Waals surface area contributed by atoms with Gasteiger partial charge in [0.2, 0.25) is 5.91 Å². The van der Waals surface area contributed by atoms with Crippen molar-refractivity contribution >= 4 is 11.7 Å². The fraction of sp³-hybridized carbons (Fsp3) is 0.286. The third-order valence-electron chi connectivity index (χ3n) is 3.09. The number of hydrogen-bond acceptors (Lipinski definition) is 4. The van der Waals surface area contributed by atoms with Crippen LogP contribution in [0.25, 0.3) is 0 Å². The van der Waals surface area contributed by atoms with Crippen LogP contribution in [0.4, 0.5) is 5.82 Å². The Morgan fingerprint density at radius 1 is 1.43 bits per heavy atom. The molecule has 2 heterocycles. The molecule has 0 saturated carbocycles. The largest absolute Gasteiger partial charge is 0.308 e. The second-order valence-electron chi connectivity index (χ2n) is 4.83. The van der Waals surface area contributed by atoms with Crippen molar-refractivity contribution in [3.05, 3.63) is 45.0 Å². The Morgan fingerprint density at radius 2 is 2.14 bits per heavy atom. The number of nitriles is 1. The van der Waals surface area contributed by atoms with E-state index in [2.05, 4.69) is 15.5 Å². The van der Waals surface area contributed by atoms with Crippen LogP contribution in [0.5, 0.6) is 0 Å². The van der Waals surface area contributed by atoms with Crippen LogP contribution in [0.1, 0.15) is 22.5 Å². The van der Waals surface area contributed by atoms with Crippen molar-refractivity contribution < 1.29 is 4.79 Å². The predicted molar refractivity (Wildman–Crippen MR) is 76.8 cm³/mol. The van der Waals surface area contributed by atoms with Crippen molar-refractivity contribution in [1.29, 1.82) is 5.26 Å². The van der Waals surface area contributed by atoms with Gasteiger partial charge < -0.3 is 9.88 Å². The summed E-state index contributed by atoms with van der Waals surface area (Å²) in [5.41, 5.74) is 1.66. The van der Waals surface area contributed by atoms with Gasteiger partial charge in [-0.2, -0.15) is 10.4 Å². The predicted octanol–water partition coefficient (Wildman–Crippen LogP) is 1.01. The molecule has 2 aromatic rings. The molecule has 0 bridgehead atoms. The summed E-state index contributed by atoms with van der Waals surface area (Å²) < 4.78 is 1.28. The number of nitrogens with zero attached hydrogens (tertiary/aromatic N) is 3. The standard InChI is InChI=1S/C14H15N5O2/c1-8-4-10(3)19(14(21)11(8)6-15)7-13(20)16-12-5-9(2)17-18-12/h4-5H,7H2,1-3H3,(H2,16,17,18,20). The molecule has 0 radical (unpaired) electrons. The normalized spacial score (nSPS) is 10.2. The van der Waals surface area contributed by atoms with E-state index in [-0.39, 0.29) is 18.0 Å². The Hall–Kier alpha value is -2.88. The summed E-state index contributed by atoms with van der Waals surface area (Å²) in [6, 6.07) is 5.27. The van der Waals surface area contributed by atoms with E-state index in [1.807, 2.05) is 13.0 Å². The SMILES string of the molecule is Cc1cc(NC(=O)Cn2c(C)cc(C)c(C#N)c2=O)n[nH]1. The highest BCUT2D eigenvalue weighted by Gasteiger charge is 2.13. The van der Waals surface area contributed by atoms with E-state index in [1.54, 1.807) is 26.0 Å². The Morgan fingerprint density at radius 3 is 2.71 bits per heavy atom. The highest BCUT2D eigenvalue weighted by atomic mass is 16.2. The molecular weight excluding hydrogens is 270 g/mol. The van der Waals surface area contributed by atoms with Gasteiger partial charge in [0.1, 0.15) is 18.2 Å². The maximum Gasteiger partial charge on any atom is 0.269 e. The average Bonchev–Trinajstić information content (AvgIpc) is 2.80. The number of H-pyrrole nitrogens is 1. The van der Waals surface area contributed by atoms with E-state index in [1.165, 1.54) is 4.57 Å². The van der Waals surface area contributed by atoms with Gasteiger partial charge in [0, 0.05) is 17.5 Å². The summed E-state index contributed by atoms with van der Waals surface area (Å²) in [5, 5.41) is 18.2. The number of rotatable bonds is 3. The second kappa shape index (κ2) is 5.63. The smallest absolute Gasteiger partial charge is 0.269 e. The van der Waals surface area contributed by atoms with Gasteiger partial charge >= 0.3 is 0 Å². The molecule has 2 aromatic heterocycles. The van der Waals surface area contributed by atoms with Crippen molar-refractivity contribution in [3.63, 3.8) is 0 Å². The molecule has 0 saturated heterocycles. The highest BCUT2D eigenvalue weighted by Crippen LogP contribution is 2.07. The molecule has 2 N–H and O–H groups in total. The average molecular weight is 285 g/mol. The van der Waals surface area contributed by atoms with Gasteiger partial charge in [-0.1, -0.05) is 0 Å². The van der Waals surface area contributed by atoms with Gasteiger partial charge in [0.05, 0.1) is 0 Å². The van der Waals surface area contributed by atoms with Gasteiger partial charge in [-0.3, -0.25) is 14.7 Å². The molecule has 21 heavy (non-hydrogen) atoms. The minimum Gasteiger partial charge on any atom is -0.308 e. The van der Waals surface area contributed by atoms with Gasteiger partial charge in [-0.15, -0.1) is 0 Å². The van der Waals surface area contributed by atoms with E-state index in [0.29, 0.717) is 17.1 Å². The lowest BCUT2D eigenvalue weighted by Crippen LogP contribution is -2.31. The Balaban J connectivity index is 2.26. The minimum absolute atomic E-state index is 0.0593. The lowest BCUT2D eigenvalue weighted by Gasteiger charge is -2.11. The number of aromatic nitrogens is 3. The van der Waals surface area contributed by atoms with E-state index < -0.39 is 5.56 Å². The molecule has 0 aliphatic rings. The third kappa shape index (κ3) is 3.00. The first kappa shape index (κ1) is 14.5. The number of amides is 1. The van der Waals surface area contributed by atoms with E-state index in [9.17, 15) is 9.59 Å². The summed E-state index contributed by atoms with van der Waals surface area (Å²) in [5.74, 6) is 0.0234. The summed E-state index contributed by atoms with van der Waals surface area (Å²) in [6.07, 6.45) is 0. The number of pyridine rings is 1. The molecule has 7 nitrogen and oxygen atoms in total. The fourth-order valence-electron chi connectivity index (χ4n) is 2.07. The summed E-state index contributed by atoms with van der Waals surface area (Å²) in [6.45, 7) is 5.08. The molecule has 2 rings (SSSR count). The lowest BCUT2D eigenvalue weighted by molar-refractivity contribution is -0.116. The summed E-state index contributed by atoms with van der Waals surface area (Å²) in [4.78, 5) is 24.1. The van der Waals surface area contributed by atoms with Crippen LogP contribution in [-0.4, -0.2) is 20.7 Å². The van der Waals surface area contributed by atoms with Gasteiger partial charge in [0.15, 0.2) is 5.82 Å². The number of anilines is 1. The number of aromatic amines is 1. The van der Waals surface area contributed by atoms with E-state index in [4.69, 9.17) is 5.26 Å². The Bertz CT molecular complexity index is 795. The van der Waals surface area contributed by atoms with Crippen LogP contribution in [-0.2, 0) is 11.3 Å². The Labute approximate surface area is 121 Å². The molecule has 108 valence electrons. The van der Waals surface area contributed by atoms with Gasteiger partial charge in [-0.05, 0) is 32.4 Å². The van der Waals surface area contributed by atoms with Crippen LogP contribution in [0, 0.1) is 32.1 Å². The first-order chi connectivity index (χ1) is 9.92. The Kier molecular flexibility index (Phi) is 3.89. The van der Waals surface area contributed by atoms with Crippen molar-refractivity contribution in [3.8, 4) is 6.07 Å². The summed E-state index contributed by atoms with van der Waals surface area (Å²) >= 11 is 0. The topological polar surface area (TPSA) is 104 Å². The zero-order chi connectivity index (χ0) is 15.6. The zero-order valence-electron chi connectivity index (χ0n) is 12.0. The second-order valence-corrected chi connectivity index (χ2v) is 4.83. The van der Waals surface area contributed by atoms with Crippen molar-refractivity contribution in [2.75, 3.05) is 5.32 Å². The highest BCUT2D eigenvalue weighted by molar-refractivity contribution is 5.89. The molecule has 0 aliphatic heterocycles. The van der Waals surface area contributed by atoms with E-state index >= 15 is 0 Å². The molecule has 0 aliphatic carbocycles. The van der Waals surface area contributed by atoms with Gasteiger partial charge in [0.25, 0.3) is 5.56 Å². The van der Waals surface area contributed by atoms with Crippen molar-refractivity contribution in [2.45, 2.75) is 27.3 Å². The first-order valence-corrected chi connectivity index (χ1v) is 6.35. The minimum atomic E-state index is -0.455. The quantitative estimate of drug-likeness (QED) is 0.878. The first-order valence-electron chi connectivity index (χ1n) is 6.35. The van der Waals surface area contributed by atoms with E-state index in [0.717, 1.165) is 5.69 Å². The number of nitrogens with one attached hydrogen (secondary N) is 2. The molecule has 1 amide bonds. The lowest BCUT2D eigenvalue weighted by atomic mass is 10.1. The molecule has 0 spiro atoms. The van der Waals surface area contributed by atoms with Crippen LogP contribution in [0.15, 0.2) is 16.9 Å². The maximum absolute atomic E-state index is 12.2. The number of hydrogen-bond donors (Lipinski definition) is 2. The van der Waals surface area contributed by atoms with Crippen LogP contribution >= 0.6 is 0 Å². The van der Waals surface area contributed by atoms with Gasteiger partial charge in [-0.25, -0.2) is 0 Å². The fourth-order valence-corrected chi connectivity index (χ4v) is 2.07. The van der Waals surface area contributed by atoms with Crippen molar-refractivity contribution in [2.24, 2.45) is 0 Å². The molecule has 0 unspecified atom stereocenters. The molecular formula is C14H15N5O2. The zero-order valence-corrected chi connectivity index (χ0v) is 12.0. The summed E-state index contributed by atoms with van der Waals surface area (Å²) in [7, 11) is 0. The number of aryl methyl sites for hydroxylation is 3. The molecule has 7 heteroatoms. The maximum atomic E-state index is 12.2. The molecule has 0 fully saturated rings. The van der Waals surface area contributed by atoms with Crippen LogP contribution in [0.2, 0.25) is 0 Å². The monoisotopic (exact) mass is 285 g/mol. The van der Waals surface area contributed by atoms with Crippen LogP contribution in [0.3, 0.4) is 0 Å². The number of carbonyl (C=O) groups is 1.